The molecule has 0 radical (unpaired) electrons. The van der Waals surface area contributed by atoms with Crippen LogP contribution >= 0.6 is 0 Å². The molecular weight excluding hydrogens is 398 g/mol. The number of carbonyl (C=O) groups excluding carboxylic acids is 1. The molecule has 0 saturated carbocycles. The van der Waals surface area contributed by atoms with E-state index < -0.39 is 16.1 Å². The van der Waals surface area contributed by atoms with Gasteiger partial charge in [0.25, 0.3) is 0 Å². The smallest absolute Gasteiger partial charge is 0.211 e. The van der Waals surface area contributed by atoms with Crippen LogP contribution in [0.3, 0.4) is 0 Å². The molecular formula is C23H27N3O3S. The lowest BCUT2D eigenvalue weighted by Crippen LogP contribution is -2.47. The summed E-state index contributed by atoms with van der Waals surface area (Å²) < 4.78 is 25.3. The van der Waals surface area contributed by atoms with Gasteiger partial charge in [-0.05, 0) is 24.5 Å². The maximum Gasteiger partial charge on any atom is 0.211 e. The number of nitrogens with zero attached hydrogens (tertiary/aromatic N) is 2. The highest BCUT2D eigenvalue weighted by molar-refractivity contribution is 7.88. The number of ketones is 1. The lowest BCUT2D eigenvalue weighted by molar-refractivity contribution is 0.0734. The molecule has 4 rings (SSSR count). The molecule has 0 amide bonds. The van der Waals surface area contributed by atoms with Crippen LogP contribution < -0.4 is 0 Å². The topological polar surface area (TPSA) is 73.5 Å². The molecule has 7 heteroatoms. The first-order chi connectivity index (χ1) is 14.4. The number of aromatic amines is 1. The number of hydrogen-bond donors (Lipinski definition) is 1. The number of H-pyrrole nitrogens is 1. The molecule has 1 aliphatic rings. The number of likely N-dealkylation sites (tertiary alicyclic amines) is 1. The number of rotatable bonds is 6. The zero-order chi connectivity index (χ0) is 21.3. The second-order valence-electron chi connectivity index (χ2n) is 7.97. The summed E-state index contributed by atoms with van der Waals surface area (Å²) in [6.07, 6.45) is 4.45. The number of benzene rings is 2. The van der Waals surface area contributed by atoms with Crippen molar-refractivity contribution in [1.82, 2.24) is 14.2 Å². The highest BCUT2D eigenvalue weighted by atomic mass is 32.2. The van der Waals surface area contributed by atoms with Gasteiger partial charge in [0.05, 0.1) is 12.3 Å². The molecule has 1 saturated heterocycles. The minimum absolute atomic E-state index is 0.0316. The van der Waals surface area contributed by atoms with Gasteiger partial charge < -0.3 is 4.98 Å². The predicted octanol–water partition coefficient (Wildman–Crippen LogP) is 3.45. The largest absolute Gasteiger partial charge is 0.360 e. The SMILES string of the molecule is CN(C1CCN(C(C(=O)c2c[nH]c3ccccc23)c2ccccc2)CC1)S(C)(=O)=O. The first-order valence-electron chi connectivity index (χ1n) is 10.2. The van der Waals surface area contributed by atoms with Crippen molar-refractivity contribution in [1.29, 1.82) is 0 Å². The molecule has 0 bridgehead atoms. The van der Waals surface area contributed by atoms with Gasteiger partial charge in [-0.25, -0.2) is 12.7 Å². The van der Waals surface area contributed by atoms with Crippen LogP contribution in [0.5, 0.6) is 0 Å². The van der Waals surface area contributed by atoms with Crippen LogP contribution in [0.1, 0.15) is 34.8 Å². The minimum atomic E-state index is -3.22. The second-order valence-corrected chi connectivity index (χ2v) is 10.0. The Kier molecular flexibility index (Phi) is 5.77. The van der Waals surface area contributed by atoms with Gasteiger partial charge in [0, 0.05) is 48.8 Å². The van der Waals surface area contributed by atoms with Crippen molar-refractivity contribution in [3.8, 4) is 0 Å². The Morgan fingerprint density at radius 3 is 2.37 bits per heavy atom. The van der Waals surface area contributed by atoms with Gasteiger partial charge in [-0.2, -0.15) is 0 Å². The van der Waals surface area contributed by atoms with Gasteiger partial charge in [-0.15, -0.1) is 0 Å². The lowest BCUT2D eigenvalue weighted by atomic mass is 9.93. The summed E-state index contributed by atoms with van der Waals surface area (Å²) in [5.74, 6) is 0.0635. The number of Topliss-reactive ketones (excluding diaryl/α,β-unsaturated/α-hetero) is 1. The van der Waals surface area contributed by atoms with Crippen molar-refractivity contribution in [2.45, 2.75) is 24.9 Å². The van der Waals surface area contributed by atoms with Crippen LogP contribution in [-0.2, 0) is 10.0 Å². The van der Waals surface area contributed by atoms with E-state index in [4.69, 9.17) is 0 Å². The Morgan fingerprint density at radius 2 is 1.70 bits per heavy atom. The molecule has 1 atom stereocenters. The molecule has 1 aliphatic heterocycles. The lowest BCUT2D eigenvalue weighted by Gasteiger charge is -2.39. The monoisotopic (exact) mass is 425 g/mol. The van der Waals surface area contributed by atoms with E-state index >= 15 is 0 Å². The zero-order valence-electron chi connectivity index (χ0n) is 17.3. The molecule has 2 aromatic carbocycles. The van der Waals surface area contributed by atoms with Crippen LogP contribution in [0, 0.1) is 0 Å². The maximum absolute atomic E-state index is 13.7. The number of hydrogen-bond acceptors (Lipinski definition) is 4. The van der Waals surface area contributed by atoms with Gasteiger partial charge in [-0.1, -0.05) is 48.5 Å². The number of fused-ring (bicyclic) bond motifs is 1. The normalized spacial score (nSPS) is 17.4. The summed E-state index contributed by atoms with van der Waals surface area (Å²) in [7, 11) is -1.58. The maximum atomic E-state index is 13.7. The molecule has 0 spiro atoms. The third kappa shape index (κ3) is 4.05. The number of nitrogens with one attached hydrogen (secondary N) is 1. The number of sulfonamides is 1. The molecule has 1 aromatic heterocycles. The quantitative estimate of drug-likeness (QED) is 0.614. The van der Waals surface area contributed by atoms with Gasteiger partial charge in [-0.3, -0.25) is 9.69 Å². The Labute approximate surface area is 177 Å². The standard InChI is InChI=1S/C23H27N3O3S/c1-25(30(2,28)29)18-12-14-26(15-13-18)22(17-8-4-3-5-9-17)23(27)20-16-24-21-11-7-6-10-19(20)21/h3-11,16,18,22,24H,12-15H2,1-2H3. The van der Waals surface area contributed by atoms with Crippen molar-refractivity contribution in [3.05, 3.63) is 71.9 Å². The van der Waals surface area contributed by atoms with Crippen LogP contribution in [0.2, 0.25) is 0 Å². The molecule has 158 valence electrons. The van der Waals surface area contributed by atoms with E-state index in [1.54, 1.807) is 13.2 Å². The van der Waals surface area contributed by atoms with Crippen molar-refractivity contribution < 1.29 is 13.2 Å². The fourth-order valence-electron chi connectivity index (χ4n) is 4.36. The number of para-hydroxylation sites is 1. The fourth-order valence-corrected chi connectivity index (χ4v) is 5.12. The third-order valence-electron chi connectivity index (χ3n) is 6.12. The van der Waals surface area contributed by atoms with E-state index in [9.17, 15) is 13.2 Å². The fraction of sp³-hybridized carbons (Fsp3) is 0.348. The molecule has 30 heavy (non-hydrogen) atoms. The van der Waals surface area contributed by atoms with Crippen molar-refractivity contribution >= 4 is 26.7 Å². The first-order valence-corrected chi connectivity index (χ1v) is 12.0. The number of carbonyl (C=O) groups is 1. The van der Waals surface area contributed by atoms with Crippen LogP contribution in [-0.4, -0.2) is 60.8 Å². The van der Waals surface area contributed by atoms with E-state index in [0.717, 1.165) is 16.5 Å². The van der Waals surface area contributed by atoms with E-state index in [-0.39, 0.29) is 11.8 Å². The van der Waals surface area contributed by atoms with Crippen LogP contribution in [0.4, 0.5) is 0 Å². The van der Waals surface area contributed by atoms with Crippen molar-refractivity contribution in [2.24, 2.45) is 0 Å². The van der Waals surface area contributed by atoms with Crippen LogP contribution in [0.25, 0.3) is 10.9 Å². The Bertz CT molecular complexity index is 1130. The van der Waals surface area contributed by atoms with Crippen molar-refractivity contribution in [3.63, 3.8) is 0 Å². The second kappa shape index (κ2) is 8.34. The summed E-state index contributed by atoms with van der Waals surface area (Å²) in [4.78, 5) is 19.1. The van der Waals surface area contributed by atoms with Crippen molar-refractivity contribution in [2.75, 3.05) is 26.4 Å². The molecule has 3 aromatic rings. The van der Waals surface area contributed by atoms with E-state index in [2.05, 4.69) is 9.88 Å². The van der Waals surface area contributed by atoms with E-state index in [0.29, 0.717) is 31.5 Å². The number of piperidine rings is 1. The van der Waals surface area contributed by atoms with E-state index in [1.807, 2.05) is 54.6 Å². The van der Waals surface area contributed by atoms with Gasteiger partial charge in [0.1, 0.15) is 0 Å². The van der Waals surface area contributed by atoms with Crippen LogP contribution in [0.15, 0.2) is 60.8 Å². The van der Waals surface area contributed by atoms with E-state index in [1.165, 1.54) is 10.6 Å². The highest BCUT2D eigenvalue weighted by Crippen LogP contribution is 2.31. The highest BCUT2D eigenvalue weighted by Gasteiger charge is 2.34. The molecule has 1 unspecified atom stereocenters. The minimum Gasteiger partial charge on any atom is -0.360 e. The number of aromatic nitrogens is 1. The van der Waals surface area contributed by atoms with Gasteiger partial charge in [0.15, 0.2) is 5.78 Å². The zero-order valence-corrected chi connectivity index (χ0v) is 18.1. The Balaban J connectivity index is 1.63. The summed E-state index contributed by atoms with van der Waals surface area (Å²) in [6, 6.07) is 17.2. The summed E-state index contributed by atoms with van der Waals surface area (Å²) >= 11 is 0. The summed E-state index contributed by atoms with van der Waals surface area (Å²) in [5, 5.41) is 0.926. The molecule has 1 fully saturated rings. The molecule has 2 heterocycles. The van der Waals surface area contributed by atoms with Gasteiger partial charge in [0.2, 0.25) is 10.0 Å². The summed E-state index contributed by atoms with van der Waals surface area (Å²) in [6.45, 7) is 1.33. The summed E-state index contributed by atoms with van der Waals surface area (Å²) in [5.41, 5.74) is 2.60. The Morgan fingerprint density at radius 1 is 1.07 bits per heavy atom. The molecule has 1 N–H and O–H groups in total. The molecule has 6 nitrogen and oxygen atoms in total. The average Bonchev–Trinajstić information content (AvgIpc) is 3.18. The first kappa shape index (κ1) is 20.8. The Hall–Kier alpha value is -2.48. The predicted molar refractivity (Wildman–Crippen MR) is 119 cm³/mol. The average molecular weight is 426 g/mol. The molecule has 0 aliphatic carbocycles. The third-order valence-corrected chi connectivity index (χ3v) is 7.46. The van der Waals surface area contributed by atoms with Gasteiger partial charge >= 0.3 is 0 Å².